The normalized spacial score (nSPS) is 13.9. The van der Waals surface area contributed by atoms with Gasteiger partial charge in [-0.2, -0.15) is 8.42 Å². The number of aromatic hydroxyl groups is 1. The Labute approximate surface area is 226 Å². The second-order valence-corrected chi connectivity index (χ2v) is 11.3. The molecule has 0 unspecified atom stereocenters. The van der Waals surface area contributed by atoms with Crippen LogP contribution >= 0.6 is 11.3 Å². The number of hydrogen-bond donors (Lipinski definition) is 2. The molecular weight excluding hydrogens is 550 g/mol. The van der Waals surface area contributed by atoms with E-state index in [4.69, 9.17) is 9.47 Å². The number of aliphatic imine (C=N–C) groups is 1. The molecule has 0 amide bonds. The van der Waals surface area contributed by atoms with Gasteiger partial charge in [0, 0.05) is 28.1 Å². The first-order valence-corrected chi connectivity index (χ1v) is 13.9. The molecule has 9 nitrogen and oxygen atoms in total. The highest BCUT2D eigenvalue weighted by molar-refractivity contribution is 7.92. The molecule has 1 fully saturated rings. The van der Waals surface area contributed by atoms with E-state index < -0.39 is 21.7 Å². The number of benzene rings is 2. The number of aromatic nitrogens is 2. The number of ether oxygens (including phenoxy) is 2. The van der Waals surface area contributed by atoms with Crippen molar-refractivity contribution in [2.24, 2.45) is 4.99 Å². The minimum absolute atomic E-state index is 0.0371. The standard InChI is InChI=1S/C26H22F2N4O5S2/c1-14-8-18(29-10-16-4-3-5-21(36-2)23(16)33)11-30-25(14)39(34,35)32-26-31-22(24(38-26)17-12-37-13-17)15-6-7-19(27)20(28)9-15/h3-11,17,33H,12-13H2,1-2H3,(H,31,32)/b29-10+. The average molecular weight is 573 g/mol. The summed E-state index contributed by atoms with van der Waals surface area (Å²) < 4.78 is 66.6. The Bertz CT molecular complexity index is 1690. The Morgan fingerprint density at radius 2 is 2.00 bits per heavy atom. The van der Waals surface area contributed by atoms with Crippen LogP contribution in [0.1, 0.15) is 21.9 Å². The third kappa shape index (κ3) is 5.46. The lowest BCUT2D eigenvalue weighted by Gasteiger charge is -2.25. The Morgan fingerprint density at radius 1 is 1.21 bits per heavy atom. The third-order valence-corrected chi connectivity index (χ3v) is 8.61. The number of sulfonamides is 1. The summed E-state index contributed by atoms with van der Waals surface area (Å²) in [5.74, 6) is -1.83. The maximum Gasteiger partial charge on any atom is 0.281 e. The molecular formula is C26H22F2N4O5S2. The molecule has 2 aromatic heterocycles. The van der Waals surface area contributed by atoms with Crippen LogP contribution in [0.4, 0.5) is 19.6 Å². The summed E-state index contributed by atoms with van der Waals surface area (Å²) in [6, 6.07) is 9.93. The van der Waals surface area contributed by atoms with Crippen LogP contribution in [0.2, 0.25) is 0 Å². The van der Waals surface area contributed by atoms with Gasteiger partial charge in [-0.1, -0.05) is 6.07 Å². The number of aryl methyl sites for hydroxylation is 1. The number of thiazole rings is 1. The fraction of sp³-hybridized carbons (Fsp3) is 0.192. The van der Waals surface area contributed by atoms with Crippen molar-refractivity contribution in [1.82, 2.24) is 9.97 Å². The lowest BCUT2D eigenvalue weighted by Crippen LogP contribution is -2.24. The molecule has 39 heavy (non-hydrogen) atoms. The Balaban J connectivity index is 1.41. The predicted molar refractivity (Wildman–Crippen MR) is 143 cm³/mol. The fourth-order valence-corrected chi connectivity index (χ4v) is 6.35. The van der Waals surface area contributed by atoms with Crippen LogP contribution in [0.15, 0.2) is 58.7 Å². The van der Waals surface area contributed by atoms with E-state index in [0.29, 0.717) is 51.9 Å². The number of halogens is 2. The van der Waals surface area contributed by atoms with Crippen LogP contribution in [0.3, 0.4) is 0 Å². The van der Waals surface area contributed by atoms with Gasteiger partial charge >= 0.3 is 0 Å². The quantitative estimate of drug-likeness (QED) is 0.279. The van der Waals surface area contributed by atoms with E-state index >= 15 is 0 Å². The van der Waals surface area contributed by atoms with Crippen LogP contribution in [-0.2, 0) is 14.8 Å². The van der Waals surface area contributed by atoms with Gasteiger partial charge in [-0.05, 0) is 48.9 Å². The zero-order chi connectivity index (χ0) is 27.7. The molecule has 0 aliphatic carbocycles. The SMILES string of the molecule is COc1cccc(/C=N/c2cnc(S(=O)(=O)Nc3nc(-c4ccc(F)c(F)c4)c(C4COC4)s3)c(C)c2)c1O. The molecule has 0 saturated carbocycles. The number of phenols is 1. The molecule has 3 heterocycles. The Kier molecular flexibility index (Phi) is 7.30. The second kappa shape index (κ2) is 10.7. The number of phenolic OH excluding ortho intramolecular Hbond substituents is 1. The van der Waals surface area contributed by atoms with Gasteiger partial charge in [-0.25, -0.2) is 18.7 Å². The Hall–Kier alpha value is -3.94. The van der Waals surface area contributed by atoms with Crippen molar-refractivity contribution in [3.8, 4) is 22.8 Å². The molecule has 1 aliphatic heterocycles. The van der Waals surface area contributed by atoms with Gasteiger partial charge in [-0.15, -0.1) is 11.3 Å². The van der Waals surface area contributed by atoms with E-state index in [2.05, 4.69) is 19.7 Å². The monoisotopic (exact) mass is 572 g/mol. The molecule has 2 N–H and O–H groups in total. The molecule has 0 radical (unpaired) electrons. The second-order valence-electron chi connectivity index (χ2n) is 8.67. The van der Waals surface area contributed by atoms with Gasteiger partial charge in [0.25, 0.3) is 10.0 Å². The summed E-state index contributed by atoms with van der Waals surface area (Å²) in [7, 11) is -2.71. The maximum atomic E-state index is 13.9. The number of rotatable bonds is 8. The number of anilines is 1. The van der Waals surface area contributed by atoms with Crippen LogP contribution in [-0.4, -0.2) is 50.0 Å². The van der Waals surface area contributed by atoms with Crippen LogP contribution < -0.4 is 9.46 Å². The highest BCUT2D eigenvalue weighted by Gasteiger charge is 2.29. The van der Waals surface area contributed by atoms with Gasteiger partial charge in [0.05, 0.1) is 37.9 Å². The number of para-hydroxylation sites is 1. The number of methoxy groups -OCH3 is 1. The molecule has 1 aliphatic rings. The summed E-state index contributed by atoms with van der Waals surface area (Å²) in [6.07, 6.45) is 2.71. The van der Waals surface area contributed by atoms with Crippen LogP contribution in [0, 0.1) is 18.6 Å². The average Bonchev–Trinajstić information content (AvgIpc) is 3.25. The van der Waals surface area contributed by atoms with E-state index in [1.165, 1.54) is 25.6 Å². The van der Waals surface area contributed by atoms with E-state index in [-0.39, 0.29) is 21.8 Å². The first kappa shape index (κ1) is 26.7. The topological polar surface area (TPSA) is 123 Å². The van der Waals surface area contributed by atoms with E-state index in [1.807, 2.05) is 0 Å². The molecule has 202 valence electrons. The molecule has 4 aromatic rings. The van der Waals surface area contributed by atoms with Crippen LogP contribution in [0.25, 0.3) is 11.3 Å². The number of nitrogens with zero attached hydrogens (tertiary/aromatic N) is 3. The van der Waals surface area contributed by atoms with E-state index in [9.17, 15) is 22.3 Å². The van der Waals surface area contributed by atoms with Gasteiger partial charge in [0.1, 0.15) is 0 Å². The smallest absolute Gasteiger partial charge is 0.281 e. The summed E-state index contributed by atoms with van der Waals surface area (Å²) in [5.41, 5.74) is 1.81. The first-order valence-electron chi connectivity index (χ1n) is 11.6. The zero-order valence-corrected chi connectivity index (χ0v) is 22.3. The molecule has 0 bridgehead atoms. The summed E-state index contributed by atoms with van der Waals surface area (Å²) in [6.45, 7) is 2.41. The lowest BCUT2D eigenvalue weighted by molar-refractivity contribution is 0.0100. The van der Waals surface area contributed by atoms with Crippen molar-refractivity contribution in [3.05, 3.63) is 76.3 Å². The van der Waals surface area contributed by atoms with Crippen LogP contribution in [0.5, 0.6) is 11.5 Å². The van der Waals surface area contributed by atoms with Crippen molar-refractivity contribution in [2.45, 2.75) is 17.9 Å². The van der Waals surface area contributed by atoms with E-state index in [0.717, 1.165) is 23.5 Å². The maximum absolute atomic E-state index is 13.9. The van der Waals surface area contributed by atoms with Crippen molar-refractivity contribution in [1.29, 1.82) is 0 Å². The zero-order valence-electron chi connectivity index (χ0n) is 20.7. The van der Waals surface area contributed by atoms with Crippen molar-refractivity contribution >= 4 is 38.4 Å². The Morgan fingerprint density at radius 3 is 2.67 bits per heavy atom. The minimum atomic E-state index is -4.15. The first-order chi connectivity index (χ1) is 18.7. The molecule has 5 rings (SSSR count). The molecule has 0 atom stereocenters. The summed E-state index contributed by atoms with van der Waals surface area (Å²) in [4.78, 5) is 13.5. The number of nitrogens with one attached hydrogen (secondary N) is 1. The van der Waals surface area contributed by atoms with Crippen molar-refractivity contribution in [2.75, 3.05) is 25.0 Å². The van der Waals surface area contributed by atoms with Gasteiger partial charge in [0.15, 0.2) is 33.3 Å². The molecule has 0 spiro atoms. The van der Waals surface area contributed by atoms with Gasteiger partial charge in [-0.3, -0.25) is 9.71 Å². The third-order valence-electron chi connectivity index (χ3n) is 5.95. The highest BCUT2D eigenvalue weighted by Crippen LogP contribution is 2.40. The molecule has 2 aromatic carbocycles. The number of pyridine rings is 1. The van der Waals surface area contributed by atoms with Gasteiger partial charge < -0.3 is 14.6 Å². The van der Waals surface area contributed by atoms with Crippen molar-refractivity contribution in [3.63, 3.8) is 0 Å². The number of hydrogen-bond acceptors (Lipinski definition) is 9. The van der Waals surface area contributed by atoms with E-state index in [1.54, 1.807) is 31.2 Å². The van der Waals surface area contributed by atoms with Gasteiger partial charge in [0.2, 0.25) is 0 Å². The van der Waals surface area contributed by atoms with Crippen molar-refractivity contribution < 1.29 is 31.8 Å². The predicted octanol–water partition coefficient (Wildman–Crippen LogP) is 5.17. The largest absolute Gasteiger partial charge is 0.504 e. The molecule has 13 heteroatoms. The molecule has 1 saturated heterocycles. The highest BCUT2D eigenvalue weighted by atomic mass is 32.2. The summed E-state index contributed by atoms with van der Waals surface area (Å²) >= 11 is 1.11. The summed E-state index contributed by atoms with van der Waals surface area (Å²) in [5, 5.41) is 10.1. The lowest BCUT2D eigenvalue weighted by atomic mass is 10.0. The minimum Gasteiger partial charge on any atom is -0.504 e. The fourth-order valence-electron chi connectivity index (χ4n) is 3.90.